The number of nitrogens with zero attached hydrogens (tertiary/aromatic N) is 3. The molecule has 2 heterocycles. The fourth-order valence-corrected chi connectivity index (χ4v) is 2.82. The van der Waals surface area contributed by atoms with Crippen LogP contribution in [0.3, 0.4) is 0 Å². The van der Waals surface area contributed by atoms with Gasteiger partial charge < -0.3 is 10.2 Å². The van der Waals surface area contributed by atoms with Gasteiger partial charge in [-0.1, -0.05) is 26.7 Å². The maximum Gasteiger partial charge on any atom is 0.244 e. The number of aromatic nitrogens is 3. The summed E-state index contributed by atoms with van der Waals surface area (Å²) in [6.45, 7) is 9.67. The molecule has 1 saturated heterocycles. The Kier molecular flexibility index (Phi) is 5.19. The molecule has 5 nitrogen and oxygen atoms in total. The van der Waals surface area contributed by atoms with Crippen molar-refractivity contribution >= 4 is 5.95 Å². The van der Waals surface area contributed by atoms with Crippen molar-refractivity contribution in [1.29, 1.82) is 0 Å². The van der Waals surface area contributed by atoms with Gasteiger partial charge in [-0.05, 0) is 19.8 Å². The second-order valence-corrected chi connectivity index (χ2v) is 5.60. The third kappa shape index (κ3) is 3.69. The molecule has 0 spiro atoms. The molecule has 0 amide bonds. The van der Waals surface area contributed by atoms with E-state index in [0.29, 0.717) is 12.0 Å². The van der Waals surface area contributed by atoms with E-state index in [1.54, 1.807) is 0 Å². The van der Waals surface area contributed by atoms with Crippen LogP contribution in [0, 0.1) is 0 Å². The number of rotatable bonds is 6. The molecule has 1 fully saturated rings. The zero-order valence-corrected chi connectivity index (χ0v) is 12.4. The predicted octanol–water partition coefficient (Wildman–Crippen LogP) is 2.29. The van der Waals surface area contributed by atoms with E-state index in [1.165, 1.54) is 25.7 Å². The largest absolute Gasteiger partial charge is 0.337 e. The standard InChI is InChI=1S/C14H27N5/c1-4-6-12(7-5-2)13-16-14(18-17-13)19-9-8-15-11(3)10-19/h11-12,15H,4-10H2,1-3H3,(H,16,17,18)/t11-/m0/s1. The Morgan fingerprint density at radius 2 is 2.05 bits per heavy atom. The maximum absolute atomic E-state index is 4.74. The van der Waals surface area contributed by atoms with Gasteiger partial charge in [-0.25, -0.2) is 0 Å². The minimum Gasteiger partial charge on any atom is -0.337 e. The first-order valence-electron chi connectivity index (χ1n) is 7.65. The third-order valence-corrected chi connectivity index (χ3v) is 3.80. The monoisotopic (exact) mass is 265 g/mol. The number of H-pyrrole nitrogens is 1. The Labute approximate surface area is 116 Å². The van der Waals surface area contributed by atoms with Crippen molar-refractivity contribution in [2.75, 3.05) is 24.5 Å². The average molecular weight is 265 g/mol. The summed E-state index contributed by atoms with van der Waals surface area (Å²) in [4.78, 5) is 7.01. The maximum atomic E-state index is 4.74. The molecule has 0 radical (unpaired) electrons. The molecule has 1 aromatic heterocycles. The predicted molar refractivity (Wildman–Crippen MR) is 78.6 cm³/mol. The van der Waals surface area contributed by atoms with Crippen LogP contribution in [0.25, 0.3) is 0 Å². The van der Waals surface area contributed by atoms with E-state index in [1.807, 2.05) is 0 Å². The molecule has 1 aromatic rings. The second kappa shape index (κ2) is 6.89. The summed E-state index contributed by atoms with van der Waals surface area (Å²) in [7, 11) is 0. The van der Waals surface area contributed by atoms with Crippen LogP contribution in [-0.2, 0) is 0 Å². The Morgan fingerprint density at radius 1 is 1.32 bits per heavy atom. The number of nitrogens with one attached hydrogen (secondary N) is 2. The van der Waals surface area contributed by atoms with Crippen molar-refractivity contribution in [2.24, 2.45) is 0 Å². The van der Waals surface area contributed by atoms with Crippen molar-refractivity contribution in [1.82, 2.24) is 20.5 Å². The van der Waals surface area contributed by atoms with Gasteiger partial charge in [0, 0.05) is 31.6 Å². The lowest BCUT2D eigenvalue weighted by atomic mass is 9.98. The summed E-state index contributed by atoms with van der Waals surface area (Å²) < 4.78 is 0. The molecule has 108 valence electrons. The molecule has 2 N–H and O–H groups in total. The van der Waals surface area contributed by atoms with Gasteiger partial charge in [0.2, 0.25) is 5.95 Å². The molecule has 1 aliphatic heterocycles. The van der Waals surface area contributed by atoms with Crippen molar-refractivity contribution in [3.63, 3.8) is 0 Å². The lowest BCUT2D eigenvalue weighted by Gasteiger charge is -2.30. The molecule has 0 aromatic carbocycles. The number of anilines is 1. The van der Waals surface area contributed by atoms with Crippen LogP contribution in [0.15, 0.2) is 0 Å². The molecule has 1 atom stereocenters. The molecule has 1 aliphatic rings. The molecular formula is C14H27N5. The highest BCUT2D eigenvalue weighted by atomic mass is 15.4. The minimum absolute atomic E-state index is 0.512. The molecular weight excluding hydrogens is 238 g/mol. The fourth-order valence-electron chi connectivity index (χ4n) is 2.82. The smallest absolute Gasteiger partial charge is 0.244 e. The summed E-state index contributed by atoms with van der Waals surface area (Å²) >= 11 is 0. The second-order valence-electron chi connectivity index (χ2n) is 5.60. The van der Waals surface area contributed by atoms with Gasteiger partial charge in [0.25, 0.3) is 0 Å². The summed E-state index contributed by atoms with van der Waals surface area (Å²) in [6.07, 6.45) is 4.79. The van der Waals surface area contributed by atoms with Crippen molar-refractivity contribution in [3.8, 4) is 0 Å². The Morgan fingerprint density at radius 3 is 2.68 bits per heavy atom. The molecule has 0 saturated carbocycles. The number of hydrogen-bond acceptors (Lipinski definition) is 4. The normalized spacial score (nSPS) is 20.2. The number of hydrogen-bond donors (Lipinski definition) is 2. The van der Waals surface area contributed by atoms with Crippen LogP contribution >= 0.6 is 0 Å². The Bertz CT molecular complexity index is 350. The Balaban J connectivity index is 2.04. The molecule has 0 bridgehead atoms. The summed E-state index contributed by atoms with van der Waals surface area (Å²) in [5.41, 5.74) is 0. The van der Waals surface area contributed by atoms with E-state index in [4.69, 9.17) is 4.98 Å². The molecule has 19 heavy (non-hydrogen) atoms. The van der Waals surface area contributed by atoms with Crippen LogP contribution in [-0.4, -0.2) is 40.9 Å². The van der Waals surface area contributed by atoms with E-state index in [2.05, 4.69) is 41.2 Å². The molecule has 0 aliphatic carbocycles. The van der Waals surface area contributed by atoms with E-state index in [0.717, 1.165) is 31.4 Å². The molecule has 2 rings (SSSR count). The summed E-state index contributed by atoms with van der Waals surface area (Å²) in [6, 6.07) is 0.512. The molecule has 0 unspecified atom stereocenters. The highest BCUT2D eigenvalue weighted by Gasteiger charge is 2.21. The zero-order chi connectivity index (χ0) is 13.7. The van der Waals surface area contributed by atoms with Crippen molar-refractivity contribution in [3.05, 3.63) is 5.82 Å². The fraction of sp³-hybridized carbons (Fsp3) is 0.857. The minimum atomic E-state index is 0.512. The zero-order valence-electron chi connectivity index (χ0n) is 12.4. The highest BCUT2D eigenvalue weighted by molar-refractivity contribution is 5.30. The number of piperazine rings is 1. The average Bonchev–Trinajstić information content (AvgIpc) is 2.88. The van der Waals surface area contributed by atoms with E-state index >= 15 is 0 Å². The SMILES string of the molecule is CCCC(CCC)c1nc(N2CCN[C@@H](C)C2)n[nH]1. The highest BCUT2D eigenvalue weighted by Crippen LogP contribution is 2.24. The quantitative estimate of drug-likeness (QED) is 0.828. The van der Waals surface area contributed by atoms with Crippen LogP contribution in [0.2, 0.25) is 0 Å². The van der Waals surface area contributed by atoms with Crippen molar-refractivity contribution < 1.29 is 0 Å². The van der Waals surface area contributed by atoms with Crippen LogP contribution in [0.4, 0.5) is 5.95 Å². The third-order valence-electron chi connectivity index (χ3n) is 3.80. The molecule has 5 heteroatoms. The van der Waals surface area contributed by atoms with Gasteiger partial charge in [-0.15, -0.1) is 5.10 Å². The van der Waals surface area contributed by atoms with Gasteiger partial charge in [0.1, 0.15) is 5.82 Å². The summed E-state index contributed by atoms with van der Waals surface area (Å²) in [5, 5.41) is 11.0. The van der Waals surface area contributed by atoms with Gasteiger partial charge in [-0.2, -0.15) is 4.98 Å². The first-order valence-corrected chi connectivity index (χ1v) is 7.65. The Hall–Kier alpha value is -1.10. The van der Waals surface area contributed by atoms with Crippen molar-refractivity contribution in [2.45, 2.75) is 58.4 Å². The van der Waals surface area contributed by atoms with Crippen LogP contribution in [0.1, 0.15) is 58.2 Å². The van der Waals surface area contributed by atoms with E-state index < -0.39 is 0 Å². The lowest BCUT2D eigenvalue weighted by molar-refractivity contribution is 0.479. The van der Waals surface area contributed by atoms with Gasteiger partial charge in [0.15, 0.2) is 0 Å². The lowest BCUT2D eigenvalue weighted by Crippen LogP contribution is -2.49. The summed E-state index contributed by atoms with van der Waals surface area (Å²) in [5.74, 6) is 2.49. The van der Waals surface area contributed by atoms with Gasteiger partial charge >= 0.3 is 0 Å². The van der Waals surface area contributed by atoms with Gasteiger partial charge in [0.05, 0.1) is 0 Å². The van der Waals surface area contributed by atoms with Crippen LogP contribution in [0.5, 0.6) is 0 Å². The first-order chi connectivity index (χ1) is 9.24. The topological polar surface area (TPSA) is 56.8 Å². The number of aromatic amines is 1. The van der Waals surface area contributed by atoms with E-state index in [-0.39, 0.29) is 0 Å². The first kappa shape index (κ1) is 14.3. The van der Waals surface area contributed by atoms with Crippen LogP contribution < -0.4 is 10.2 Å². The van der Waals surface area contributed by atoms with Gasteiger partial charge in [-0.3, -0.25) is 5.10 Å². The van der Waals surface area contributed by atoms with E-state index in [9.17, 15) is 0 Å².